The lowest BCUT2D eigenvalue weighted by atomic mass is 10.2. The van der Waals surface area contributed by atoms with Gasteiger partial charge in [0.2, 0.25) is 15.2 Å². The van der Waals surface area contributed by atoms with Crippen molar-refractivity contribution in [2.45, 2.75) is 18.8 Å². The van der Waals surface area contributed by atoms with E-state index in [1.165, 1.54) is 34.1 Å². The van der Waals surface area contributed by atoms with Crippen LogP contribution < -0.4 is 4.90 Å². The van der Waals surface area contributed by atoms with Gasteiger partial charge in [-0.15, -0.1) is 0 Å². The molecule has 1 saturated heterocycles. The van der Waals surface area contributed by atoms with Crippen LogP contribution in [0.2, 0.25) is 0 Å². The summed E-state index contributed by atoms with van der Waals surface area (Å²) in [5.41, 5.74) is 0.881. The molecule has 2 fully saturated rings. The van der Waals surface area contributed by atoms with Crippen molar-refractivity contribution in [3.05, 3.63) is 47.1 Å². The first-order valence-electron chi connectivity index (χ1n) is 8.44. The van der Waals surface area contributed by atoms with E-state index in [-0.39, 0.29) is 0 Å². The highest BCUT2D eigenvalue weighted by molar-refractivity contribution is 7.92. The molecule has 1 aromatic carbocycles. The van der Waals surface area contributed by atoms with Crippen molar-refractivity contribution in [2.75, 3.05) is 31.1 Å². The number of rotatable bonds is 5. The van der Waals surface area contributed by atoms with E-state index >= 15 is 0 Å². The SMILES string of the molecule is O=S(=O)(/C=C/c1ccccc1)N1CCN(c2nc(C3CC3)ns2)CC1. The fraction of sp³-hybridized carbons (Fsp3) is 0.412. The van der Waals surface area contributed by atoms with Crippen LogP contribution in [0.3, 0.4) is 0 Å². The Balaban J connectivity index is 1.37. The second-order valence-corrected chi connectivity index (χ2v) is 8.90. The van der Waals surface area contributed by atoms with Crippen LogP contribution in [0.4, 0.5) is 5.13 Å². The quantitative estimate of drug-likeness (QED) is 0.802. The number of sulfonamides is 1. The van der Waals surface area contributed by atoms with Crippen molar-refractivity contribution in [2.24, 2.45) is 0 Å². The van der Waals surface area contributed by atoms with Crippen molar-refractivity contribution >= 4 is 32.8 Å². The molecule has 132 valence electrons. The molecule has 1 saturated carbocycles. The summed E-state index contributed by atoms with van der Waals surface area (Å²) in [6, 6.07) is 9.47. The van der Waals surface area contributed by atoms with Crippen LogP contribution in [0.25, 0.3) is 6.08 Å². The molecule has 25 heavy (non-hydrogen) atoms. The second-order valence-electron chi connectivity index (χ2n) is 6.35. The number of hydrogen-bond donors (Lipinski definition) is 0. The second kappa shape index (κ2) is 6.86. The molecule has 0 radical (unpaired) electrons. The predicted octanol–water partition coefficient (Wildman–Crippen LogP) is 2.54. The zero-order chi connectivity index (χ0) is 17.3. The van der Waals surface area contributed by atoms with Gasteiger partial charge in [-0.3, -0.25) is 0 Å². The highest BCUT2D eigenvalue weighted by atomic mass is 32.2. The van der Waals surface area contributed by atoms with Gasteiger partial charge in [0, 0.05) is 49.0 Å². The molecule has 1 aliphatic heterocycles. The summed E-state index contributed by atoms with van der Waals surface area (Å²) >= 11 is 1.42. The van der Waals surface area contributed by atoms with Crippen molar-refractivity contribution in [3.8, 4) is 0 Å². The number of hydrogen-bond acceptors (Lipinski definition) is 6. The van der Waals surface area contributed by atoms with Crippen LogP contribution in [-0.2, 0) is 10.0 Å². The van der Waals surface area contributed by atoms with Crippen LogP contribution in [0.5, 0.6) is 0 Å². The van der Waals surface area contributed by atoms with Gasteiger partial charge in [0.25, 0.3) is 0 Å². The van der Waals surface area contributed by atoms with E-state index in [4.69, 9.17) is 0 Å². The minimum absolute atomic E-state index is 0.472. The lowest BCUT2D eigenvalue weighted by Crippen LogP contribution is -2.48. The molecule has 6 nitrogen and oxygen atoms in total. The fourth-order valence-corrected chi connectivity index (χ4v) is 4.78. The van der Waals surface area contributed by atoms with Gasteiger partial charge in [-0.2, -0.15) is 8.68 Å². The number of piperazine rings is 1. The molecular weight excluding hydrogens is 356 g/mol. The third-order valence-electron chi connectivity index (χ3n) is 4.47. The summed E-state index contributed by atoms with van der Waals surface area (Å²) in [5.74, 6) is 1.51. The van der Waals surface area contributed by atoms with E-state index in [1.54, 1.807) is 6.08 Å². The van der Waals surface area contributed by atoms with Gasteiger partial charge < -0.3 is 4.90 Å². The molecule has 0 atom stereocenters. The standard InChI is InChI=1S/C17H20N4O2S2/c22-25(23,13-8-14-4-2-1-3-5-14)21-11-9-20(10-12-21)17-18-16(19-24-17)15-6-7-15/h1-5,8,13,15H,6-7,9-12H2/b13-8+. The van der Waals surface area contributed by atoms with Gasteiger partial charge in [0.05, 0.1) is 0 Å². The van der Waals surface area contributed by atoms with Crippen LogP contribution >= 0.6 is 11.5 Å². The molecular formula is C17H20N4O2S2. The lowest BCUT2D eigenvalue weighted by Gasteiger charge is -2.32. The summed E-state index contributed by atoms with van der Waals surface area (Å²) in [5, 5.41) is 2.22. The van der Waals surface area contributed by atoms with Crippen molar-refractivity contribution < 1.29 is 8.42 Å². The van der Waals surface area contributed by atoms with Crippen LogP contribution in [0.1, 0.15) is 30.1 Å². The van der Waals surface area contributed by atoms with E-state index in [2.05, 4.69) is 14.3 Å². The first kappa shape index (κ1) is 16.7. The Kier molecular flexibility index (Phi) is 4.58. The third-order valence-corrected chi connectivity index (χ3v) is 6.83. The van der Waals surface area contributed by atoms with Crippen LogP contribution in [0.15, 0.2) is 35.7 Å². The van der Waals surface area contributed by atoms with E-state index in [0.717, 1.165) is 16.5 Å². The van der Waals surface area contributed by atoms with E-state index in [9.17, 15) is 8.42 Å². The van der Waals surface area contributed by atoms with Gasteiger partial charge in [-0.25, -0.2) is 13.4 Å². The molecule has 0 N–H and O–H groups in total. The first-order chi connectivity index (χ1) is 12.1. The summed E-state index contributed by atoms with van der Waals surface area (Å²) in [6.07, 6.45) is 4.03. The molecule has 0 bridgehead atoms. The van der Waals surface area contributed by atoms with Gasteiger partial charge in [0.1, 0.15) is 5.82 Å². The van der Waals surface area contributed by atoms with Crippen molar-refractivity contribution in [3.63, 3.8) is 0 Å². The molecule has 0 amide bonds. The Labute approximate surface area is 152 Å². The highest BCUT2D eigenvalue weighted by Gasteiger charge is 2.30. The number of benzene rings is 1. The van der Waals surface area contributed by atoms with E-state index in [0.29, 0.717) is 32.1 Å². The molecule has 2 aliphatic rings. The topological polar surface area (TPSA) is 66.4 Å². The largest absolute Gasteiger partial charge is 0.344 e. The van der Waals surface area contributed by atoms with E-state index < -0.39 is 10.0 Å². The molecule has 4 rings (SSSR count). The van der Waals surface area contributed by atoms with Gasteiger partial charge in [-0.05, 0) is 24.5 Å². The Morgan fingerprint density at radius 3 is 2.48 bits per heavy atom. The summed E-state index contributed by atoms with van der Waals surface area (Å²) in [6.45, 7) is 2.25. The maximum Gasteiger partial charge on any atom is 0.236 e. The summed E-state index contributed by atoms with van der Waals surface area (Å²) in [4.78, 5) is 6.75. The highest BCUT2D eigenvalue weighted by Crippen LogP contribution is 2.39. The molecule has 1 aliphatic carbocycles. The Morgan fingerprint density at radius 1 is 1.08 bits per heavy atom. The molecule has 1 aromatic heterocycles. The van der Waals surface area contributed by atoms with Gasteiger partial charge in [-0.1, -0.05) is 30.3 Å². The number of nitrogens with zero attached hydrogens (tertiary/aromatic N) is 4. The Bertz CT molecular complexity index is 852. The zero-order valence-corrected chi connectivity index (χ0v) is 15.4. The van der Waals surface area contributed by atoms with Gasteiger partial charge in [0.15, 0.2) is 0 Å². The van der Waals surface area contributed by atoms with E-state index in [1.807, 2.05) is 30.3 Å². The van der Waals surface area contributed by atoms with Crippen LogP contribution in [0, 0.1) is 0 Å². The molecule has 2 heterocycles. The lowest BCUT2D eigenvalue weighted by molar-refractivity contribution is 0.390. The maximum absolute atomic E-state index is 12.5. The predicted molar refractivity (Wildman–Crippen MR) is 100 cm³/mol. The maximum atomic E-state index is 12.5. The molecule has 8 heteroatoms. The monoisotopic (exact) mass is 376 g/mol. The molecule has 2 aromatic rings. The number of aromatic nitrogens is 2. The fourth-order valence-electron chi connectivity index (χ4n) is 2.81. The van der Waals surface area contributed by atoms with Crippen LogP contribution in [-0.4, -0.2) is 48.3 Å². The smallest absolute Gasteiger partial charge is 0.236 e. The first-order valence-corrected chi connectivity index (χ1v) is 10.7. The summed E-state index contributed by atoms with van der Waals surface area (Å²) < 4.78 is 31.0. The Hall–Kier alpha value is -1.77. The summed E-state index contributed by atoms with van der Waals surface area (Å²) in [7, 11) is -3.39. The third kappa shape index (κ3) is 3.91. The zero-order valence-electron chi connectivity index (χ0n) is 13.8. The molecule has 0 unspecified atom stereocenters. The molecule has 0 spiro atoms. The Morgan fingerprint density at radius 2 is 1.80 bits per heavy atom. The normalized spacial score (nSPS) is 19.6. The minimum atomic E-state index is -3.39. The average molecular weight is 377 g/mol. The van der Waals surface area contributed by atoms with Gasteiger partial charge >= 0.3 is 0 Å². The minimum Gasteiger partial charge on any atom is -0.344 e. The van der Waals surface area contributed by atoms with Crippen molar-refractivity contribution in [1.82, 2.24) is 13.7 Å². The number of anilines is 1. The average Bonchev–Trinajstić information content (AvgIpc) is 3.38. The van der Waals surface area contributed by atoms with Crippen molar-refractivity contribution in [1.29, 1.82) is 0 Å².